The fourth-order valence-corrected chi connectivity index (χ4v) is 3.28. The van der Waals surface area contributed by atoms with Gasteiger partial charge in [0, 0.05) is 24.8 Å². The minimum atomic E-state index is -3.18. The van der Waals surface area contributed by atoms with Crippen molar-refractivity contribution in [3.8, 4) is 0 Å². The molecule has 1 aromatic rings. The molecule has 6 heteroatoms. The lowest BCUT2D eigenvalue weighted by Crippen LogP contribution is -2.37. The molecule has 3 N–H and O–H groups in total. The van der Waals surface area contributed by atoms with Crippen LogP contribution >= 0.6 is 0 Å². The van der Waals surface area contributed by atoms with Crippen molar-refractivity contribution in [2.24, 2.45) is 11.7 Å². The molecule has 0 spiro atoms. The molecule has 1 aliphatic carbocycles. The number of rotatable bonds is 4. The summed E-state index contributed by atoms with van der Waals surface area (Å²) in [7, 11) is -3.18. The van der Waals surface area contributed by atoms with Crippen LogP contribution in [-0.2, 0) is 21.2 Å². The van der Waals surface area contributed by atoms with Crippen molar-refractivity contribution in [3.63, 3.8) is 0 Å². The van der Waals surface area contributed by atoms with Crippen molar-refractivity contribution < 1.29 is 13.2 Å². The molecule has 0 aromatic heterocycles. The third kappa shape index (κ3) is 4.54. The summed E-state index contributed by atoms with van der Waals surface area (Å²) in [5, 5.41) is 2.90. The fraction of sp³-hybridized carbons (Fsp3) is 0.533. The third-order valence-electron chi connectivity index (χ3n) is 3.90. The molecule has 0 aliphatic heterocycles. The van der Waals surface area contributed by atoms with E-state index in [0.29, 0.717) is 6.54 Å². The zero-order chi connectivity index (χ0) is 15.5. The highest BCUT2D eigenvalue weighted by Crippen LogP contribution is 2.23. The minimum Gasteiger partial charge on any atom is -0.352 e. The molecule has 5 nitrogen and oxygen atoms in total. The van der Waals surface area contributed by atoms with Gasteiger partial charge in [0.2, 0.25) is 5.91 Å². The molecule has 21 heavy (non-hydrogen) atoms. The molecule has 116 valence electrons. The van der Waals surface area contributed by atoms with Gasteiger partial charge in [-0.3, -0.25) is 4.79 Å². The predicted molar refractivity (Wildman–Crippen MR) is 81.3 cm³/mol. The molecule has 0 heterocycles. The highest BCUT2D eigenvalue weighted by atomic mass is 32.2. The van der Waals surface area contributed by atoms with E-state index in [1.54, 1.807) is 24.3 Å². The Morgan fingerprint density at radius 1 is 1.29 bits per heavy atom. The van der Waals surface area contributed by atoms with Gasteiger partial charge in [-0.25, -0.2) is 8.42 Å². The van der Waals surface area contributed by atoms with Crippen molar-refractivity contribution in [3.05, 3.63) is 29.8 Å². The van der Waals surface area contributed by atoms with Gasteiger partial charge in [-0.05, 0) is 37.0 Å². The number of amides is 1. The summed E-state index contributed by atoms with van der Waals surface area (Å²) in [6.07, 6.45) is 4.82. The van der Waals surface area contributed by atoms with Crippen LogP contribution in [0.3, 0.4) is 0 Å². The number of carbonyl (C=O) groups excluding carboxylic acids is 1. The zero-order valence-corrected chi connectivity index (χ0v) is 13.0. The number of hydrogen-bond donors (Lipinski definition) is 2. The van der Waals surface area contributed by atoms with Gasteiger partial charge in [0.05, 0.1) is 4.90 Å². The smallest absolute Gasteiger partial charge is 0.223 e. The lowest BCUT2D eigenvalue weighted by atomic mass is 9.85. The van der Waals surface area contributed by atoms with E-state index in [1.807, 2.05) is 0 Å². The van der Waals surface area contributed by atoms with Gasteiger partial charge < -0.3 is 11.1 Å². The number of nitrogens with one attached hydrogen (secondary N) is 1. The Hall–Kier alpha value is -1.40. The van der Waals surface area contributed by atoms with E-state index in [2.05, 4.69) is 5.32 Å². The van der Waals surface area contributed by atoms with Crippen molar-refractivity contribution >= 4 is 15.7 Å². The van der Waals surface area contributed by atoms with E-state index in [9.17, 15) is 13.2 Å². The number of hydrogen-bond acceptors (Lipinski definition) is 4. The van der Waals surface area contributed by atoms with E-state index in [0.717, 1.165) is 31.2 Å². The van der Waals surface area contributed by atoms with Crippen LogP contribution in [0.2, 0.25) is 0 Å². The van der Waals surface area contributed by atoms with Crippen molar-refractivity contribution in [1.29, 1.82) is 0 Å². The van der Waals surface area contributed by atoms with Gasteiger partial charge in [-0.15, -0.1) is 0 Å². The molecule has 2 rings (SSSR count). The Labute approximate surface area is 125 Å². The van der Waals surface area contributed by atoms with Gasteiger partial charge in [0.15, 0.2) is 9.84 Å². The van der Waals surface area contributed by atoms with Crippen LogP contribution in [0.25, 0.3) is 0 Å². The monoisotopic (exact) mass is 310 g/mol. The van der Waals surface area contributed by atoms with Gasteiger partial charge in [-0.2, -0.15) is 0 Å². The Balaban J connectivity index is 1.89. The van der Waals surface area contributed by atoms with Crippen LogP contribution in [0, 0.1) is 5.92 Å². The number of nitrogens with two attached hydrogens (primary N) is 1. The summed E-state index contributed by atoms with van der Waals surface area (Å²) in [4.78, 5) is 12.4. The van der Waals surface area contributed by atoms with E-state index < -0.39 is 9.84 Å². The molecule has 0 bridgehead atoms. The second kappa shape index (κ2) is 6.58. The van der Waals surface area contributed by atoms with E-state index in [1.165, 1.54) is 6.26 Å². The standard InChI is InChI=1S/C15H22N2O3S/c1-21(19,20)14-7-5-11(6-8-14)10-17-15(18)12-3-2-4-13(16)9-12/h5-8,12-13H,2-4,9-10,16H2,1H3,(H,17,18). The van der Waals surface area contributed by atoms with Crippen LogP contribution in [0.4, 0.5) is 0 Å². The normalized spacial score (nSPS) is 22.8. The van der Waals surface area contributed by atoms with Crippen LogP contribution in [-0.4, -0.2) is 26.6 Å². The summed E-state index contributed by atoms with van der Waals surface area (Å²) >= 11 is 0. The second-order valence-electron chi connectivity index (χ2n) is 5.76. The summed E-state index contributed by atoms with van der Waals surface area (Å²) in [5.41, 5.74) is 6.78. The van der Waals surface area contributed by atoms with Crippen LogP contribution in [0.1, 0.15) is 31.2 Å². The SMILES string of the molecule is CS(=O)(=O)c1ccc(CNC(=O)C2CCCC(N)C2)cc1. The summed E-state index contributed by atoms with van der Waals surface area (Å²) in [6.45, 7) is 0.411. The maximum atomic E-state index is 12.1. The third-order valence-corrected chi connectivity index (χ3v) is 5.03. The maximum absolute atomic E-state index is 12.1. The van der Waals surface area contributed by atoms with E-state index in [4.69, 9.17) is 5.73 Å². The molecular formula is C15H22N2O3S. The average Bonchev–Trinajstić information content (AvgIpc) is 2.44. The molecule has 1 aliphatic rings. The van der Waals surface area contributed by atoms with Crippen LogP contribution in [0.5, 0.6) is 0 Å². The molecule has 2 unspecified atom stereocenters. The van der Waals surface area contributed by atoms with Gasteiger partial charge in [0.25, 0.3) is 0 Å². The van der Waals surface area contributed by atoms with Gasteiger partial charge in [-0.1, -0.05) is 18.6 Å². The van der Waals surface area contributed by atoms with Crippen molar-refractivity contribution in [2.45, 2.75) is 43.2 Å². The Morgan fingerprint density at radius 3 is 2.52 bits per heavy atom. The quantitative estimate of drug-likeness (QED) is 0.875. The molecule has 0 saturated heterocycles. The Morgan fingerprint density at radius 2 is 1.95 bits per heavy atom. The molecule has 2 atom stereocenters. The second-order valence-corrected chi connectivity index (χ2v) is 7.77. The topological polar surface area (TPSA) is 89.3 Å². The summed E-state index contributed by atoms with van der Waals surface area (Å²) in [6, 6.07) is 6.70. The van der Waals surface area contributed by atoms with Crippen molar-refractivity contribution in [1.82, 2.24) is 5.32 Å². The first-order valence-electron chi connectivity index (χ1n) is 7.18. The van der Waals surface area contributed by atoms with Gasteiger partial charge >= 0.3 is 0 Å². The number of sulfone groups is 1. The number of carbonyl (C=O) groups is 1. The fourth-order valence-electron chi connectivity index (χ4n) is 2.65. The number of benzene rings is 1. The first-order valence-corrected chi connectivity index (χ1v) is 9.07. The molecule has 1 fully saturated rings. The highest BCUT2D eigenvalue weighted by molar-refractivity contribution is 7.90. The average molecular weight is 310 g/mol. The summed E-state index contributed by atoms with van der Waals surface area (Å²) in [5.74, 6) is 0.0429. The lowest BCUT2D eigenvalue weighted by Gasteiger charge is -2.25. The largest absolute Gasteiger partial charge is 0.352 e. The summed E-state index contributed by atoms with van der Waals surface area (Å²) < 4.78 is 22.7. The highest BCUT2D eigenvalue weighted by Gasteiger charge is 2.24. The van der Waals surface area contributed by atoms with Crippen molar-refractivity contribution in [2.75, 3.05) is 6.26 Å². The minimum absolute atomic E-state index is 0.00374. The van der Waals surface area contributed by atoms with Gasteiger partial charge in [0.1, 0.15) is 0 Å². The lowest BCUT2D eigenvalue weighted by molar-refractivity contribution is -0.126. The Kier molecular flexibility index (Phi) is 5.00. The maximum Gasteiger partial charge on any atom is 0.223 e. The predicted octanol–water partition coefficient (Wildman–Crippen LogP) is 1.22. The molecular weight excluding hydrogens is 288 g/mol. The first-order chi connectivity index (χ1) is 9.86. The zero-order valence-electron chi connectivity index (χ0n) is 12.2. The molecule has 1 saturated carbocycles. The van der Waals surface area contributed by atoms with Crippen LogP contribution in [0.15, 0.2) is 29.2 Å². The molecule has 1 amide bonds. The molecule has 0 radical (unpaired) electrons. The van der Waals surface area contributed by atoms with E-state index in [-0.39, 0.29) is 22.8 Å². The molecule has 1 aromatic carbocycles. The first kappa shape index (κ1) is 16.0. The van der Waals surface area contributed by atoms with E-state index >= 15 is 0 Å². The van der Waals surface area contributed by atoms with Crippen LogP contribution < -0.4 is 11.1 Å². The Bertz CT molecular complexity index is 596.